The second kappa shape index (κ2) is 18.1. The molecule has 6 bridgehead atoms. The predicted octanol–water partition coefficient (Wildman–Crippen LogP) is 14.6. The number of rotatable bonds is 21. The summed E-state index contributed by atoms with van der Waals surface area (Å²) in [6.07, 6.45) is 8.71. The van der Waals surface area contributed by atoms with Crippen molar-refractivity contribution >= 4 is 14.6 Å². The number of alkyl halides is 8. The summed E-state index contributed by atoms with van der Waals surface area (Å²) < 4.78 is 154. The maximum absolute atomic E-state index is 17.2. The normalized spacial score (nSPS) is 35.7. The molecule has 4 nitrogen and oxygen atoms in total. The maximum atomic E-state index is 17.2. The Labute approximate surface area is 376 Å². The third kappa shape index (κ3) is 8.75. The average Bonchev–Trinajstić information content (AvgIpc) is 3.35. The van der Waals surface area contributed by atoms with Gasteiger partial charge < -0.3 is 19.3 Å². The second-order valence-corrected chi connectivity index (χ2v) is 22.8. The fraction of sp³-hybridized carbons (Fsp3) is 1.00. The van der Waals surface area contributed by atoms with Gasteiger partial charge in [0.15, 0.2) is 0 Å². The lowest BCUT2D eigenvalue weighted by Crippen LogP contribution is -2.77. The van der Waals surface area contributed by atoms with Crippen molar-refractivity contribution in [2.75, 3.05) is 0 Å². The molecule has 362 valence electrons. The van der Waals surface area contributed by atoms with E-state index in [-0.39, 0.29) is 108 Å². The lowest BCUT2D eigenvalue weighted by Gasteiger charge is -2.66. The van der Waals surface area contributed by atoms with E-state index < -0.39 is 68.0 Å². The van der Waals surface area contributed by atoms with E-state index in [1.165, 1.54) is 0 Å². The zero-order valence-electron chi connectivity index (χ0n) is 39.9. The van der Waals surface area contributed by atoms with Crippen molar-refractivity contribution in [1.29, 1.82) is 0 Å². The quantitative estimate of drug-likeness (QED) is 0.0708. The third-order valence-corrected chi connectivity index (χ3v) is 18.6. The Morgan fingerprint density at radius 3 is 1.41 bits per heavy atom. The molecule has 2 radical (unpaired) electrons. The lowest BCUT2D eigenvalue weighted by molar-refractivity contribution is -0.412. The number of hydrogen-bond donors (Lipinski definition) is 1. The van der Waals surface area contributed by atoms with Crippen molar-refractivity contribution in [3.05, 3.63) is 0 Å². The average molecular weight is 907 g/mol. The fourth-order valence-electron chi connectivity index (χ4n) is 13.6. The van der Waals surface area contributed by atoms with Gasteiger partial charge in [0.05, 0.1) is 22.4 Å². The first-order valence-electron chi connectivity index (χ1n) is 25.3. The van der Waals surface area contributed by atoms with Gasteiger partial charge in [0.25, 0.3) is 18.9 Å². The molecular weight excluding hydrogens is 826 g/mol. The van der Waals surface area contributed by atoms with Crippen LogP contribution in [0.15, 0.2) is 0 Å². The molecule has 6 heterocycles. The van der Waals surface area contributed by atoms with Crippen LogP contribution in [-0.2, 0) is 14.2 Å². The van der Waals surface area contributed by atoms with Gasteiger partial charge in [-0.15, -0.1) is 0 Å². The Morgan fingerprint density at radius 2 is 0.921 bits per heavy atom. The van der Waals surface area contributed by atoms with Gasteiger partial charge in [0, 0.05) is 5.50 Å². The standard InChI is InChI=1S/C49H80B2F8O4/c1-8-11-12-22-39(60,37(4,5)9-2)23-15-16-36-50-48(56,57)46(52,53)43-30-17-26-41(61-43,27-18-31-43)42-28-19-32-44(62-42,33-20-29-42)47(54,55)49(58,59)51-45-34-14-13-24-40(63-45,25-21-35-45)38(6,7)10-3/h60H,8-36H2,1-7H3. The van der Waals surface area contributed by atoms with Crippen LogP contribution < -0.4 is 0 Å². The second-order valence-electron chi connectivity index (χ2n) is 22.8. The van der Waals surface area contributed by atoms with E-state index in [0.717, 1.165) is 38.5 Å². The molecule has 6 saturated heterocycles. The van der Waals surface area contributed by atoms with Gasteiger partial charge in [0.1, 0.15) is 11.2 Å². The van der Waals surface area contributed by atoms with Crippen LogP contribution in [0.1, 0.15) is 228 Å². The summed E-state index contributed by atoms with van der Waals surface area (Å²) in [6.45, 7) is 14.2. The molecule has 6 fully saturated rings. The van der Waals surface area contributed by atoms with Crippen LogP contribution in [0.25, 0.3) is 0 Å². The summed E-state index contributed by atoms with van der Waals surface area (Å²) >= 11 is 0. The highest BCUT2D eigenvalue weighted by Crippen LogP contribution is 2.66. The highest BCUT2D eigenvalue weighted by Gasteiger charge is 2.78. The van der Waals surface area contributed by atoms with Gasteiger partial charge in [-0.1, -0.05) is 99.7 Å². The zero-order chi connectivity index (χ0) is 46.5. The first-order chi connectivity index (χ1) is 29.2. The summed E-state index contributed by atoms with van der Waals surface area (Å²) in [4.78, 5) is 0. The Hall–Kier alpha value is -0.590. The molecule has 14 heteroatoms. The van der Waals surface area contributed by atoms with Crippen LogP contribution in [0.2, 0.25) is 6.32 Å². The molecule has 6 aliphatic heterocycles. The summed E-state index contributed by atoms with van der Waals surface area (Å²) in [7, 11) is 0.905. The van der Waals surface area contributed by atoms with Gasteiger partial charge >= 0.3 is 11.8 Å². The van der Waals surface area contributed by atoms with E-state index in [1.807, 2.05) is 27.7 Å². The molecule has 3 unspecified atom stereocenters. The molecule has 0 amide bonds. The monoisotopic (exact) mass is 907 g/mol. The highest BCUT2D eigenvalue weighted by atomic mass is 19.3. The number of ether oxygens (including phenoxy) is 3. The lowest BCUT2D eigenvalue weighted by atomic mass is 9.48. The van der Waals surface area contributed by atoms with Crippen LogP contribution in [0, 0.1) is 10.8 Å². The van der Waals surface area contributed by atoms with E-state index >= 15 is 35.1 Å². The molecule has 0 aliphatic carbocycles. The highest BCUT2D eigenvalue weighted by molar-refractivity contribution is 6.43. The Bertz CT molecular complexity index is 1540. The van der Waals surface area contributed by atoms with Gasteiger partial charge in [-0.2, -0.15) is 17.6 Å². The minimum absolute atomic E-state index is 0.0860. The van der Waals surface area contributed by atoms with E-state index in [4.69, 9.17) is 14.2 Å². The van der Waals surface area contributed by atoms with Crippen molar-refractivity contribution in [1.82, 2.24) is 0 Å². The van der Waals surface area contributed by atoms with Crippen molar-refractivity contribution in [2.24, 2.45) is 10.8 Å². The predicted molar refractivity (Wildman–Crippen MR) is 235 cm³/mol. The molecule has 6 aliphatic rings. The topological polar surface area (TPSA) is 47.9 Å². The van der Waals surface area contributed by atoms with Crippen LogP contribution in [-0.4, -0.2) is 82.3 Å². The molecule has 1 N–H and O–H groups in total. The Morgan fingerprint density at radius 1 is 0.492 bits per heavy atom. The molecular formula is C49H80B2F8O4. The molecule has 0 aromatic rings. The number of unbranched alkanes of at least 4 members (excludes halogenated alkanes) is 3. The number of fused-ring (bicyclic) bond motifs is 7. The molecule has 0 aromatic carbocycles. The van der Waals surface area contributed by atoms with E-state index in [2.05, 4.69) is 20.8 Å². The summed E-state index contributed by atoms with van der Waals surface area (Å²) in [5.41, 5.74) is -12.5. The Balaban J connectivity index is 1.19. The minimum atomic E-state index is -4.68. The summed E-state index contributed by atoms with van der Waals surface area (Å²) in [6, 6.07) is 0. The number of hydrogen-bond acceptors (Lipinski definition) is 4. The fourth-order valence-corrected chi connectivity index (χ4v) is 13.6. The van der Waals surface area contributed by atoms with E-state index in [9.17, 15) is 5.11 Å². The first-order valence-corrected chi connectivity index (χ1v) is 25.3. The van der Waals surface area contributed by atoms with Gasteiger partial charge in [0.2, 0.25) is 7.28 Å². The van der Waals surface area contributed by atoms with Crippen molar-refractivity contribution in [2.45, 2.75) is 297 Å². The smallest absolute Gasteiger partial charge is 0.329 e. The molecule has 0 aromatic heterocycles. The maximum Gasteiger partial charge on any atom is 0.329 e. The van der Waals surface area contributed by atoms with Gasteiger partial charge in [-0.25, -0.2) is 17.6 Å². The van der Waals surface area contributed by atoms with Crippen LogP contribution in [0.4, 0.5) is 35.1 Å². The molecule has 6 rings (SSSR count). The molecule has 0 saturated carbocycles. The Kier molecular flexibility index (Phi) is 14.8. The summed E-state index contributed by atoms with van der Waals surface area (Å²) in [5.74, 6) is -18.5. The van der Waals surface area contributed by atoms with Gasteiger partial charge in [-0.05, 0) is 146 Å². The minimum Gasteiger partial charge on any atom is -0.389 e. The van der Waals surface area contributed by atoms with E-state index in [1.54, 1.807) is 0 Å². The first kappa shape index (κ1) is 51.8. The molecule has 0 spiro atoms. The molecule has 3 atom stereocenters. The number of aliphatic hydroxyl groups is 1. The van der Waals surface area contributed by atoms with Crippen LogP contribution in [0.5, 0.6) is 0 Å². The van der Waals surface area contributed by atoms with Crippen molar-refractivity contribution in [3.63, 3.8) is 0 Å². The third-order valence-electron chi connectivity index (χ3n) is 18.6. The van der Waals surface area contributed by atoms with Crippen LogP contribution in [0.3, 0.4) is 0 Å². The summed E-state index contributed by atoms with van der Waals surface area (Å²) in [5, 5.41) is 11.7. The van der Waals surface area contributed by atoms with Crippen molar-refractivity contribution < 1.29 is 54.4 Å². The zero-order valence-corrected chi connectivity index (χ0v) is 39.9. The van der Waals surface area contributed by atoms with Crippen LogP contribution >= 0.6 is 0 Å². The van der Waals surface area contributed by atoms with Crippen molar-refractivity contribution in [3.8, 4) is 0 Å². The molecule has 63 heavy (non-hydrogen) atoms. The number of halogens is 8. The van der Waals surface area contributed by atoms with Gasteiger partial charge in [-0.3, -0.25) is 0 Å². The largest absolute Gasteiger partial charge is 0.389 e. The van der Waals surface area contributed by atoms with E-state index in [0.29, 0.717) is 59.5 Å². The SMILES string of the molecule is CCCCCC(O)(CCCC[B]C(F)(F)C(F)(F)C12CCCC(C34CCCC(C(F)(F)C(F)(F)[B]C56CCCCC(C(C)(C)CC)(CCC5)O6)(CCC3)O4)(CCC1)O2)C(C)(C)CC.